The molecule has 0 aliphatic heterocycles. The molecule has 0 saturated carbocycles. The fraction of sp³-hybridized carbons (Fsp3) is 1.00. The molecule has 0 unspecified atom stereocenters. The van der Waals surface area contributed by atoms with E-state index < -0.39 is 121 Å². The summed E-state index contributed by atoms with van der Waals surface area (Å²) in [5.41, 5.74) is 0. The Morgan fingerprint density at radius 1 is 0.333 bits per heavy atom. The second kappa shape index (κ2) is 89.4. The molecular weight excluding hydrogens is 1420 g/mol. The molecular formula is C30H70Cl5N6Na7O26S7. The Morgan fingerprint density at radius 2 is 0.556 bits per heavy atom. The fourth-order valence-electron chi connectivity index (χ4n) is 3.58. The Labute approximate surface area is 662 Å². The van der Waals surface area contributed by atoms with Gasteiger partial charge >= 0.3 is 207 Å². The summed E-state index contributed by atoms with van der Waals surface area (Å²) in [7, 11) is -28.0. The maximum absolute atomic E-state index is 10.5. The number of aliphatic hydroxyl groups excluding tert-OH is 5. The van der Waals surface area contributed by atoms with Crippen LogP contribution < -0.4 is 223 Å². The molecule has 0 fully saturated rings. The van der Waals surface area contributed by atoms with E-state index in [9.17, 15) is 55.7 Å². The first-order chi connectivity index (χ1) is 34.0. The summed E-state index contributed by atoms with van der Waals surface area (Å²) in [5.74, 6) is -0.340. The van der Waals surface area contributed by atoms with Crippen LogP contribution in [-0.4, -0.2) is 304 Å². The average molecular weight is 1490 g/mol. The molecule has 0 heterocycles. The van der Waals surface area contributed by atoms with Crippen molar-refractivity contribution < 1.29 is 323 Å². The minimum Gasteiger partial charge on any atom is -0.917 e. The summed E-state index contributed by atoms with van der Waals surface area (Å²) in [6.45, 7) is 6.03. The van der Waals surface area contributed by atoms with Crippen LogP contribution in [0.5, 0.6) is 0 Å². The van der Waals surface area contributed by atoms with Crippen LogP contribution in [0.25, 0.3) is 0 Å². The molecule has 51 heteroatoms. The third-order valence-electron chi connectivity index (χ3n) is 6.62. The molecule has 32 nitrogen and oxygen atoms in total. The summed E-state index contributed by atoms with van der Waals surface area (Å²) in [6, 6.07) is 0. The van der Waals surface area contributed by atoms with Crippen LogP contribution in [0.2, 0.25) is 0 Å². The summed E-state index contributed by atoms with van der Waals surface area (Å²) >= 11 is 27.3. The van der Waals surface area contributed by atoms with Gasteiger partial charge in [-0.15, -0.1) is 58.0 Å². The zero-order chi connectivity index (χ0) is 59.7. The molecule has 0 aliphatic carbocycles. The van der Waals surface area contributed by atoms with Crippen molar-refractivity contribution in [2.45, 2.75) is 0 Å². The van der Waals surface area contributed by atoms with E-state index >= 15 is 0 Å². The van der Waals surface area contributed by atoms with Gasteiger partial charge < -0.3 is 86.0 Å². The molecule has 0 amide bonds. The minimum atomic E-state index is -4.56. The van der Waals surface area contributed by atoms with Crippen molar-refractivity contribution in [1.29, 1.82) is 0 Å². The first-order valence-corrected chi connectivity index (χ1v) is 33.0. The average Bonchev–Trinajstić information content (AvgIpc) is 3.23. The third-order valence-corrected chi connectivity index (χ3v) is 11.0. The number of alkyl halides is 5. The molecule has 0 aromatic carbocycles. The monoisotopic (exact) mass is 1490 g/mol. The van der Waals surface area contributed by atoms with Crippen molar-refractivity contribution in [1.82, 2.24) is 30.7 Å². The van der Waals surface area contributed by atoms with Crippen molar-refractivity contribution >= 4 is 131 Å². The zero-order valence-electron chi connectivity index (χ0n) is 46.7. The van der Waals surface area contributed by atoms with Gasteiger partial charge in [0.15, 0.2) is 0 Å². The molecule has 0 atom stereocenters. The summed E-state index contributed by atoms with van der Waals surface area (Å²) in [5, 5.41) is 49.9. The van der Waals surface area contributed by atoms with Crippen molar-refractivity contribution in [2.24, 2.45) is 0 Å². The topological polar surface area (TPSA) is 542 Å². The van der Waals surface area contributed by atoms with Crippen molar-refractivity contribution in [3.63, 3.8) is 0 Å². The normalized spacial score (nSPS) is 10.5. The molecule has 0 aromatic rings. The minimum absolute atomic E-state index is 0. The van der Waals surface area contributed by atoms with Gasteiger partial charge in [0.25, 0.3) is 20.2 Å². The molecule has 0 aromatic heterocycles. The van der Waals surface area contributed by atoms with Crippen LogP contribution in [0.4, 0.5) is 0 Å². The molecule has 0 radical (unpaired) electrons. The van der Waals surface area contributed by atoms with Crippen molar-refractivity contribution in [2.75, 3.05) is 189 Å². The van der Waals surface area contributed by atoms with Gasteiger partial charge in [-0.25, -0.2) is 25.3 Å². The number of nitrogens with zero attached hydrogens (tertiary/aromatic N) is 3. The SMILES string of the molecule is ClCCN(CCCl)CCCl.ClCCNCCCl.O=S(=O)([O-])CCN(CCS(=O)(=O)[O-])CCS(=O)(=O)O.O=S(=O)([O-])CCNCCS(=O)(=O)O.O=[S-](=O)[O-].O=[S-](=O)[O-].OCCN(CCO)CCO.OCCNCCO.[Na+].[Na+].[Na+].[Na+].[Na+].[Na+].[Na+]. The molecule has 0 saturated heterocycles. The molecule has 10 N–H and O–H groups in total. The van der Waals surface area contributed by atoms with Gasteiger partial charge in [0.05, 0.1) is 92.2 Å². The Hall–Kier alpha value is 7.38. The first kappa shape index (κ1) is 125. The smallest absolute Gasteiger partial charge is 0.917 e. The van der Waals surface area contributed by atoms with Gasteiger partial charge in [0.2, 0.25) is 0 Å². The summed E-state index contributed by atoms with van der Waals surface area (Å²) in [6.07, 6.45) is 0. The number of hydrogen-bond acceptors (Lipinski definition) is 32. The number of nitrogens with one attached hydrogen (secondary N) is 3. The summed E-state index contributed by atoms with van der Waals surface area (Å²) in [4.78, 5) is 4.92. The Bertz CT molecular complexity index is 1750. The van der Waals surface area contributed by atoms with E-state index in [2.05, 4.69) is 20.9 Å². The van der Waals surface area contributed by atoms with E-state index in [1.807, 2.05) is 0 Å². The van der Waals surface area contributed by atoms with Crippen LogP contribution in [0, 0.1) is 0 Å². The molecule has 0 bridgehead atoms. The van der Waals surface area contributed by atoms with Crippen molar-refractivity contribution in [3.8, 4) is 0 Å². The molecule has 460 valence electrons. The van der Waals surface area contributed by atoms with E-state index in [0.29, 0.717) is 62.1 Å². The van der Waals surface area contributed by atoms with Crippen LogP contribution in [0.15, 0.2) is 0 Å². The first-order valence-electron chi connectivity index (χ1n) is 20.4. The fourth-order valence-corrected chi connectivity index (χ4v) is 6.81. The van der Waals surface area contributed by atoms with Crippen LogP contribution in [0.1, 0.15) is 0 Å². The molecule has 0 aliphatic rings. The second-order valence-corrected chi connectivity index (χ2v) is 23.0. The number of aliphatic hydroxyl groups is 5. The number of rotatable bonds is 35. The summed E-state index contributed by atoms with van der Waals surface area (Å²) < 4.78 is 201. The predicted molar refractivity (Wildman–Crippen MR) is 273 cm³/mol. The molecule has 0 spiro atoms. The van der Waals surface area contributed by atoms with Gasteiger partial charge in [-0.1, -0.05) is 0 Å². The second-order valence-electron chi connectivity index (χ2n) is 12.6. The Kier molecular flexibility index (Phi) is 138. The van der Waals surface area contributed by atoms with E-state index in [4.69, 9.17) is 119 Å². The Balaban J connectivity index is -0.0000000488. The van der Waals surface area contributed by atoms with Crippen LogP contribution >= 0.6 is 58.0 Å². The molecule has 0 rings (SSSR count). The van der Waals surface area contributed by atoms with Gasteiger partial charge in [0, 0.05) is 128 Å². The predicted octanol–water partition coefficient (Wildman–Crippen LogP) is -27.0. The van der Waals surface area contributed by atoms with Crippen LogP contribution in [-0.2, 0) is 89.4 Å². The van der Waals surface area contributed by atoms with Crippen LogP contribution in [0.3, 0.4) is 0 Å². The molecule has 81 heavy (non-hydrogen) atoms. The van der Waals surface area contributed by atoms with E-state index in [1.54, 1.807) is 4.90 Å². The van der Waals surface area contributed by atoms with Gasteiger partial charge in [-0.3, -0.25) is 18.9 Å². The van der Waals surface area contributed by atoms with E-state index in [1.165, 1.54) is 0 Å². The standard InChI is InChI=1S/C6H12Cl3N.C6H15NO9S3.C6H15NO3.C4H9Cl2N.C4H11NO6S2.C4H11NO2.7Na.2O3S/c7-1-4-10(5-2-8)6-3-9;8-17(9,10)4-1-7(2-5-18(11,12)13)3-6-19(14,15)16;8-4-1-7(2-5-9)3-6-10;5-1-3-7-4-2-6;6-12(7,8)3-1-5-2-4-13(9,10)11;6-3-1-5-2-4-7;;;;;;;;2*1-4(2)3/h1-6H2;1-6H2,(H,8,9,10)(H,11,12,13)(H,14,15,16);8-10H,1-6H2;7H,1-4H2;5H,1-4H2,(H,6,7,8)(H,9,10,11);5-7H,1-4H2;;;;;;;;;/q;;;;;;7*+1;2*-2/p-3. The quantitative estimate of drug-likeness (QED) is 0.00703. The maximum Gasteiger partial charge on any atom is 1.00 e. The Morgan fingerprint density at radius 3 is 0.778 bits per heavy atom. The van der Waals surface area contributed by atoms with Crippen molar-refractivity contribution in [3.05, 3.63) is 0 Å². The zero-order valence-corrected chi connectivity index (χ0v) is 70.2. The largest absolute Gasteiger partial charge is 1.00 e. The maximum atomic E-state index is 10.5. The van der Waals surface area contributed by atoms with Gasteiger partial charge in [0.1, 0.15) is 0 Å². The van der Waals surface area contributed by atoms with Gasteiger partial charge in [-0.05, 0) is 0 Å². The van der Waals surface area contributed by atoms with Gasteiger partial charge in [-0.2, -0.15) is 38.8 Å². The number of halogens is 5. The van der Waals surface area contributed by atoms with E-state index in [-0.39, 0.29) is 253 Å². The third kappa shape index (κ3) is 169. The van der Waals surface area contributed by atoms with E-state index in [0.717, 1.165) is 37.6 Å². The number of hydrogen-bond donors (Lipinski definition) is 10.